The van der Waals surface area contributed by atoms with Gasteiger partial charge < -0.3 is 14.8 Å². The Balaban J connectivity index is 2.10. The molecule has 1 unspecified atom stereocenters. The molecule has 0 heterocycles. The second kappa shape index (κ2) is 8.02. The maximum atomic E-state index is 12.7. The molecular weight excluding hydrogens is 335 g/mol. The summed E-state index contributed by atoms with van der Waals surface area (Å²) in [5.41, 5.74) is -0.199. The highest BCUT2D eigenvalue weighted by atomic mass is 19.4. The van der Waals surface area contributed by atoms with Gasteiger partial charge in [-0.05, 0) is 24.3 Å². The monoisotopic (exact) mass is 353 g/mol. The number of para-hydroxylation sites is 1. The van der Waals surface area contributed by atoms with Gasteiger partial charge in [0.05, 0.1) is 12.7 Å². The number of carbonyl (C=O) groups is 1. The first-order valence-corrected chi connectivity index (χ1v) is 7.48. The van der Waals surface area contributed by atoms with Crippen molar-refractivity contribution in [3.05, 3.63) is 65.2 Å². The third-order valence-electron chi connectivity index (χ3n) is 3.67. The number of nitrogens with one attached hydrogen (secondary N) is 1. The van der Waals surface area contributed by atoms with Crippen LogP contribution in [0.2, 0.25) is 0 Å². The molecule has 0 aromatic heterocycles. The Bertz CT molecular complexity index is 732. The van der Waals surface area contributed by atoms with Crippen molar-refractivity contribution in [2.24, 2.45) is 0 Å². The normalized spacial score (nSPS) is 12.5. The van der Waals surface area contributed by atoms with Crippen LogP contribution in [-0.4, -0.2) is 26.7 Å². The fraction of sp³-hybridized carbons (Fsp3) is 0.278. The molecule has 0 spiro atoms. The van der Waals surface area contributed by atoms with Crippen LogP contribution >= 0.6 is 0 Å². The third-order valence-corrected chi connectivity index (χ3v) is 3.67. The van der Waals surface area contributed by atoms with E-state index < -0.39 is 23.8 Å². The largest absolute Gasteiger partial charge is 0.496 e. The number of alkyl halides is 3. The lowest BCUT2D eigenvalue weighted by Crippen LogP contribution is -2.29. The number of ether oxygens (including phenoxy) is 2. The zero-order valence-corrected chi connectivity index (χ0v) is 13.8. The maximum Gasteiger partial charge on any atom is 0.416 e. The lowest BCUT2D eigenvalue weighted by atomic mass is 10.1. The summed E-state index contributed by atoms with van der Waals surface area (Å²) >= 11 is 0. The summed E-state index contributed by atoms with van der Waals surface area (Å²) in [5.74, 6) is -0.00860. The van der Waals surface area contributed by atoms with Crippen molar-refractivity contribution in [2.75, 3.05) is 20.8 Å². The summed E-state index contributed by atoms with van der Waals surface area (Å²) in [5, 5.41) is 2.59. The summed E-state index contributed by atoms with van der Waals surface area (Å²) < 4.78 is 48.8. The smallest absolute Gasteiger partial charge is 0.416 e. The third kappa shape index (κ3) is 4.73. The van der Waals surface area contributed by atoms with Crippen molar-refractivity contribution >= 4 is 5.91 Å². The van der Waals surface area contributed by atoms with Crippen molar-refractivity contribution < 1.29 is 27.4 Å². The van der Waals surface area contributed by atoms with E-state index in [-0.39, 0.29) is 12.1 Å². The molecule has 1 N–H and O–H groups in total. The molecule has 0 aliphatic carbocycles. The van der Waals surface area contributed by atoms with Gasteiger partial charge >= 0.3 is 6.18 Å². The van der Waals surface area contributed by atoms with Crippen molar-refractivity contribution in [1.29, 1.82) is 0 Å². The minimum Gasteiger partial charge on any atom is -0.496 e. The van der Waals surface area contributed by atoms with Crippen molar-refractivity contribution in [2.45, 2.75) is 12.3 Å². The first-order valence-electron chi connectivity index (χ1n) is 7.48. The molecule has 2 aromatic carbocycles. The number of hydrogen-bond donors (Lipinski definition) is 1. The highest BCUT2D eigenvalue weighted by molar-refractivity contribution is 5.94. The topological polar surface area (TPSA) is 47.6 Å². The number of halogens is 3. The van der Waals surface area contributed by atoms with Crippen molar-refractivity contribution in [1.82, 2.24) is 5.32 Å². The van der Waals surface area contributed by atoms with Crippen LogP contribution in [0.25, 0.3) is 0 Å². The van der Waals surface area contributed by atoms with Gasteiger partial charge in [0.1, 0.15) is 11.9 Å². The fourth-order valence-corrected chi connectivity index (χ4v) is 2.38. The Morgan fingerprint density at radius 1 is 1.12 bits per heavy atom. The quantitative estimate of drug-likeness (QED) is 0.859. The summed E-state index contributed by atoms with van der Waals surface area (Å²) in [7, 11) is 3.00. The Hall–Kier alpha value is -2.54. The Labute approximate surface area is 143 Å². The average molecular weight is 353 g/mol. The standard InChI is InChI=1S/C18H18F3NO3/c1-24-15-9-4-3-8-14(15)16(25-2)11-22-17(23)12-6-5-7-13(10-12)18(19,20)21/h3-10,16H,11H2,1-2H3,(H,22,23). The molecule has 25 heavy (non-hydrogen) atoms. The molecular formula is C18H18F3NO3. The van der Waals surface area contributed by atoms with Gasteiger partial charge in [-0.3, -0.25) is 4.79 Å². The van der Waals surface area contributed by atoms with E-state index in [4.69, 9.17) is 9.47 Å². The molecule has 134 valence electrons. The van der Waals surface area contributed by atoms with Gasteiger partial charge in [-0.1, -0.05) is 24.3 Å². The zero-order valence-electron chi connectivity index (χ0n) is 13.8. The van der Waals surface area contributed by atoms with Gasteiger partial charge in [0.25, 0.3) is 5.91 Å². The Morgan fingerprint density at radius 3 is 2.48 bits per heavy atom. The number of methoxy groups -OCH3 is 2. The predicted octanol–water partition coefficient (Wildman–Crippen LogP) is 3.83. The first kappa shape index (κ1) is 18.8. The van der Waals surface area contributed by atoms with Gasteiger partial charge in [-0.25, -0.2) is 0 Å². The van der Waals surface area contributed by atoms with Gasteiger partial charge in [0.2, 0.25) is 0 Å². The van der Waals surface area contributed by atoms with Crippen LogP contribution in [0.5, 0.6) is 5.75 Å². The summed E-state index contributed by atoms with van der Waals surface area (Å²) in [6, 6.07) is 11.4. The second-order valence-electron chi connectivity index (χ2n) is 5.25. The Morgan fingerprint density at radius 2 is 1.84 bits per heavy atom. The molecule has 0 radical (unpaired) electrons. The van der Waals surface area contributed by atoms with Crippen LogP contribution in [-0.2, 0) is 10.9 Å². The molecule has 1 amide bonds. The van der Waals surface area contributed by atoms with Gasteiger partial charge in [0, 0.05) is 24.8 Å². The minimum absolute atomic E-state index is 0.0651. The summed E-state index contributed by atoms with van der Waals surface area (Å²) in [4.78, 5) is 12.2. The number of hydrogen-bond acceptors (Lipinski definition) is 3. The SMILES string of the molecule is COc1ccccc1C(CNC(=O)c1cccc(C(F)(F)F)c1)OC. The molecule has 1 atom stereocenters. The molecule has 0 fully saturated rings. The molecule has 7 heteroatoms. The van der Waals surface area contributed by atoms with Crippen molar-refractivity contribution in [3.8, 4) is 5.75 Å². The van der Waals surface area contributed by atoms with Gasteiger partial charge in [0.15, 0.2) is 0 Å². The number of carbonyl (C=O) groups excluding carboxylic acids is 1. The average Bonchev–Trinajstić information content (AvgIpc) is 2.61. The number of rotatable bonds is 6. The van der Waals surface area contributed by atoms with Crippen LogP contribution < -0.4 is 10.1 Å². The molecule has 2 rings (SSSR count). The molecule has 0 aliphatic rings. The summed E-state index contributed by atoms with van der Waals surface area (Å²) in [6.07, 6.45) is -4.99. The Kier molecular flexibility index (Phi) is 6.03. The van der Waals surface area contributed by atoms with Crippen molar-refractivity contribution in [3.63, 3.8) is 0 Å². The molecule has 0 bridgehead atoms. The molecule has 0 aliphatic heterocycles. The minimum atomic E-state index is -4.50. The molecule has 2 aromatic rings. The highest BCUT2D eigenvalue weighted by Crippen LogP contribution is 2.30. The lowest BCUT2D eigenvalue weighted by Gasteiger charge is -2.19. The van der Waals surface area contributed by atoms with E-state index in [0.717, 1.165) is 17.7 Å². The first-order chi connectivity index (χ1) is 11.9. The van der Waals surface area contributed by atoms with Crippen LogP contribution in [0.3, 0.4) is 0 Å². The molecule has 4 nitrogen and oxygen atoms in total. The van der Waals surface area contributed by atoms with E-state index in [9.17, 15) is 18.0 Å². The number of amides is 1. The molecule has 0 saturated heterocycles. The van der Waals surface area contributed by atoms with E-state index in [2.05, 4.69) is 5.32 Å². The maximum absolute atomic E-state index is 12.7. The number of benzene rings is 2. The van der Waals surface area contributed by atoms with E-state index >= 15 is 0 Å². The van der Waals surface area contributed by atoms with Crippen LogP contribution in [0.1, 0.15) is 27.6 Å². The highest BCUT2D eigenvalue weighted by Gasteiger charge is 2.31. The second-order valence-corrected chi connectivity index (χ2v) is 5.25. The molecule has 0 saturated carbocycles. The lowest BCUT2D eigenvalue weighted by molar-refractivity contribution is -0.137. The van der Waals surface area contributed by atoms with E-state index in [0.29, 0.717) is 5.75 Å². The van der Waals surface area contributed by atoms with Gasteiger partial charge in [-0.2, -0.15) is 13.2 Å². The van der Waals surface area contributed by atoms with Crippen LogP contribution in [0.15, 0.2) is 48.5 Å². The van der Waals surface area contributed by atoms with E-state index in [1.54, 1.807) is 24.3 Å². The van der Waals surface area contributed by atoms with E-state index in [1.165, 1.54) is 26.4 Å². The fourth-order valence-electron chi connectivity index (χ4n) is 2.38. The zero-order chi connectivity index (χ0) is 18.4. The predicted molar refractivity (Wildman–Crippen MR) is 86.5 cm³/mol. The van der Waals surface area contributed by atoms with Gasteiger partial charge in [-0.15, -0.1) is 0 Å². The van der Waals surface area contributed by atoms with Crippen LogP contribution in [0.4, 0.5) is 13.2 Å². The van der Waals surface area contributed by atoms with Crippen LogP contribution in [0, 0.1) is 0 Å². The summed E-state index contributed by atoms with van der Waals surface area (Å²) in [6.45, 7) is 0.0892. The van der Waals surface area contributed by atoms with E-state index in [1.807, 2.05) is 0 Å².